The number of alkyl halides is 4. The Kier molecular flexibility index (Phi) is 2.90. The second-order valence-corrected chi connectivity index (χ2v) is 4.81. The normalized spacial score (nSPS) is 23.6. The highest BCUT2D eigenvalue weighted by atomic mass is 35.5. The highest BCUT2D eigenvalue weighted by molar-refractivity contribution is 7.12. The summed E-state index contributed by atoms with van der Waals surface area (Å²) in [6.07, 6.45) is -4.99. The largest absolute Gasteiger partial charge is 0.471 e. The number of nitrogens with one attached hydrogen (secondary N) is 1. The molecular formula is C9H5ClF3NO2S. The van der Waals surface area contributed by atoms with Crippen molar-refractivity contribution in [3.05, 3.63) is 21.9 Å². The van der Waals surface area contributed by atoms with Crippen molar-refractivity contribution in [1.82, 2.24) is 5.32 Å². The monoisotopic (exact) mass is 283 g/mol. The number of carbonyl (C=O) groups excluding carboxylic acids is 2. The van der Waals surface area contributed by atoms with Crippen LogP contribution in [0.25, 0.3) is 0 Å². The Labute approximate surface area is 103 Å². The highest BCUT2D eigenvalue weighted by Crippen LogP contribution is 2.38. The predicted octanol–water partition coefficient (Wildman–Crippen LogP) is 2.27. The Bertz CT molecular complexity index is 485. The molecule has 8 heteroatoms. The second kappa shape index (κ2) is 3.99. The van der Waals surface area contributed by atoms with Gasteiger partial charge in [-0.2, -0.15) is 13.2 Å². The summed E-state index contributed by atoms with van der Waals surface area (Å²) in [5, 5.41) is 2.12. The van der Waals surface area contributed by atoms with Crippen LogP contribution < -0.4 is 5.32 Å². The van der Waals surface area contributed by atoms with E-state index < -0.39 is 29.3 Å². The third-order valence-corrected chi connectivity index (χ3v) is 3.74. The molecule has 1 aromatic heterocycles. The molecular weight excluding hydrogens is 279 g/mol. The third kappa shape index (κ3) is 2.04. The van der Waals surface area contributed by atoms with Crippen molar-refractivity contribution in [2.45, 2.75) is 17.6 Å². The molecule has 0 radical (unpaired) electrons. The Morgan fingerprint density at radius 3 is 2.71 bits per heavy atom. The minimum absolute atomic E-state index is 0.303. The average Bonchev–Trinajstić information content (AvgIpc) is 2.76. The number of ketones is 1. The van der Waals surface area contributed by atoms with Gasteiger partial charge in [0, 0.05) is 0 Å². The van der Waals surface area contributed by atoms with E-state index in [1.54, 1.807) is 10.7 Å². The van der Waals surface area contributed by atoms with E-state index >= 15 is 0 Å². The lowest BCUT2D eigenvalue weighted by molar-refractivity contribution is -0.174. The number of fused-ring (bicyclic) bond motifs is 1. The summed E-state index contributed by atoms with van der Waals surface area (Å²) in [6, 6.07) is 0.376. The first-order chi connectivity index (χ1) is 7.82. The molecule has 1 aliphatic carbocycles. The molecule has 1 heterocycles. The Morgan fingerprint density at radius 2 is 2.12 bits per heavy atom. The topological polar surface area (TPSA) is 46.2 Å². The molecule has 2 atom stereocenters. The number of hydrogen-bond donors (Lipinski definition) is 1. The molecule has 0 aromatic carbocycles. The molecule has 0 saturated carbocycles. The fourth-order valence-corrected chi connectivity index (χ4v) is 2.87. The van der Waals surface area contributed by atoms with E-state index in [-0.39, 0.29) is 0 Å². The quantitative estimate of drug-likeness (QED) is 0.804. The molecule has 0 aliphatic heterocycles. The van der Waals surface area contributed by atoms with E-state index in [0.717, 1.165) is 11.3 Å². The van der Waals surface area contributed by atoms with Crippen molar-refractivity contribution < 1.29 is 22.8 Å². The third-order valence-electron chi connectivity index (χ3n) is 2.34. The van der Waals surface area contributed by atoms with E-state index in [9.17, 15) is 22.8 Å². The van der Waals surface area contributed by atoms with Gasteiger partial charge < -0.3 is 5.32 Å². The first-order valence-corrected chi connectivity index (χ1v) is 5.77. The van der Waals surface area contributed by atoms with Crippen molar-refractivity contribution in [1.29, 1.82) is 0 Å². The van der Waals surface area contributed by atoms with E-state index in [2.05, 4.69) is 0 Å². The van der Waals surface area contributed by atoms with E-state index in [4.69, 9.17) is 11.6 Å². The number of Topliss-reactive ketones (excluding diaryl/α,β-unsaturated/α-hetero) is 1. The van der Waals surface area contributed by atoms with Gasteiger partial charge in [0.2, 0.25) is 0 Å². The maximum Gasteiger partial charge on any atom is 0.471 e. The van der Waals surface area contributed by atoms with Gasteiger partial charge in [-0.3, -0.25) is 9.59 Å². The van der Waals surface area contributed by atoms with Crippen LogP contribution in [0.1, 0.15) is 21.3 Å². The van der Waals surface area contributed by atoms with Gasteiger partial charge in [-0.1, -0.05) is 0 Å². The highest BCUT2D eigenvalue weighted by Gasteiger charge is 2.45. The van der Waals surface area contributed by atoms with Crippen LogP contribution in [0.5, 0.6) is 0 Å². The standard InChI is InChI=1S/C9H5ClF3NO2S/c10-4-5(14-8(16)9(11,12)13)3-1-2-17-7(3)6(4)15/h1-2,4-5H,(H,14,16)/t4-,5+/m1/s1. The van der Waals surface area contributed by atoms with Crippen molar-refractivity contribution in [2.24, 2.45) is 0 Å². The minimum Gasteiger partial charge on any atom is -0.339 e. The molecule has 0 bridgehead atoms. The van der Waals surface area contributed by atoms with Crippen LogP contribution in [0.15, 0.2) is 11.4 Å². The number of thiophene rings is 1. The Balaban J connectivity index is 2.24. The molecule has 3 nitrogen and oxygen atoms in total. The summed E-state index contributed by atoms with van der Waals surface area (Å²) in [6.45, 7) is 0. The summed E-state index contributed by atoms with van der Waals surface area (Å²) >= 11 is 6.80. The zero-order valence-electron chi connectivity index (χ0n) is 8.05. The molecule has 1 aliphatic rings. The molecule has 1 amide bonds. The molecule has 0 saturated heterocycles. The second-order valence-electron chi connectivity index (χ2n) is 3.42. The van der Waals surface area contributed by atoms with Crippen LogP contribution >= 0.6 is 22.9 Å². The predicted molar refractivity (Wildman–Crippen MR) is 55.2 cm³/mol. The molecule has 0 unspecified atom stereocenters. The summed E-state index contributed by atoms with van der Waals surface area (Å²) in [7, 11) is 0. The zero-order valence-corrected chi connectivity index (χ0v) is 9.62. The van der Waals surface area contributed by atoms with Crippen molar-refractivity contribution in [3.63, 3.8) is 0 Å². The lowest BCUT2D eigenvalue weighted by atomic mass is 10.1. The van der Waals surface area contributed by atoms with Crippen LogP contribution in [-0.4, -0.2) is 23.2 Å². The van der Waals surface area contributed by atoms with Gasteiger partial charge in [-0.25, -0.2) is 0 Å². The van der Waals surface area contributed by atoms with Gasteiger partial charge in [-0.15, -0.1) is 22.9 Å². The molecule has 2 rings (SSSR count). The molecule has 1 aromatic rings. The Hall–Kier alpha value is -1.08. The van der Waals surface area contributed by atoms with E-state index in [0.29, 0.717) is 10.4 Å². The van der Waals surface area contributed by atoms with Crippen molar-refractivity contribution in [3.8, 4) is 0 Å². The maximum absolute atomic E-state index is 12.1. The average molecular weight is 284 g/mol. The van der Waals surface area contributed by atoms with Crippen LogP contribution in [0.2, 0.25) is 0 Å². The first-order valence-electron chi connectivity index (χ1n) is 4.45. The first kappa shape index (κ1) is 12.4. The molecule has 17 heavy (non-hydrogen) atoms. The number of amides is 1. The van der Waals surface area contributed by atoms with Gasteiger partial charge in [0.15, 0.2) is 5.78 Å². The zero-order chi connectivity index (χ0) is 12.8. The van der Waals surface area contributed by atoms with E-state index in [1.807, 2.05) is 0 Å². The van der Waals surface area contributed by atoms with Gasteiger partial charge in [0.25, 0.3) is 0 Å². The molecule has 0 spiro atoms. The van der Waals surface area contributed by atoms with Crippen molar-refractivity contribution >= 4 is 34.6 Å². The van der Waals surface area contributed by atoms with E-state index in [1.165, 1.54) is 6.07 Å². The van der Waals surface area contributed by atoms with Crippen LogP contribution in [0.3, 0.4) is 0 Å². The number of rotatable bonds is 1. The van der Waals surface area contributed by atoms with Crippen LogP contribution in [0.4, 0.5) is 13.2 Å². The number of carbonyl (C=O) groups is 2. The van der Waals surface area contributed by atoms with Crippen molar-refractivity contribution in [2.75, 3.05) is 0 Å². The lowest BCUT2D eigenvalue weighted by Gasteiger charge is -2.16. The van der Waals surface area contributed by atoms with Gasteiger partial charge >= 0.3 is 12.1 Å². The van der Waals surface area contributed by atoms with Crippen LogP contribution in [0, 0.1) is 0 Å². The summed E-state index contributed by atoms with van der Waals surface area (Å²) in [4.78, 5) is 22.7. The summed E-state index contributed by atoms with van der Waals surface area (Å²) in [5.74, 6) is -2.55. The fraction of sp³-hybridized carbons (Fsp3) is 0.333. The maximum atomic E-state index is 12.1. The fourth-order valence-electron chi connectivity index (χ4n) is 1.57. The van der Waals surface area contributed by atoms with Gasteiger partial charge in [0.05, 0.1) is 10.9 Å². The smallest absolute Gasteiger partial charge is 0.339 e. The molecule has 1 N–H and O–H groups in total. The van der Waals surface area contributed by atoms with Crippen LogP contribution in [-0.2, 0) is 4.79 Å². The lowest BCUT2D eigenvalue weighted by Crippen LogP contribution is -2.41. The summed E-state index contributed by atoms with van der Waals surface area (Å²) in [5.41, 5.74) is 0.345. The minimum atomic E-state index is -4.99. The molecule has 0 fully saturated rings. The SMILES string of the molecule is O=C1c2sccc2[C@H](NC(=O)C(F)(F)F)[C@H]1Cl. The van der Waals surface area contributed by atoms with Gasteiger partial charge in [-0.05, 0) is 17.0 Å². The Morgan fingerprint density at radius 1 is 1.47 bits per heavy atom. The molecule has 92 valence electrons. The number of halogens is 4. The summed E-state index contributed by atoms with van der Waals surface area (Å²) < 4.78 is 36.3. The van der Waals surface area contributed by atoms with Gasteiger partial charge in [0.1, 0.15) is 5.38 Å². The number of hydrogen-bond acceptors (Lipinski definition) is 3.